The standard InChI is InChI=1S/C27H30N2O3/c1-4-25(32-22-16-14-20(2)15-17-22)27(31)29(3)24-13-9-8-12-23(24)26(30)28-19-18-21-10-6-5-7-11-21/h5-17,25H,4,18-19H2,1-3H3,(H,28,30). The first-order valence-electron chi connectivity index (χ1n) is 10.9. The molecule has 0 saturated carbocycles. The Bertz CT molecular complexity index is 1030. The van der Waals surface area contributed by atoms with Crippen LogP contribution in [0, 0.1) is 6.92 Å². The molecule has 0 radical (unpaired) electrons. The first kappa shape index (κ1) is 23.1. The van der Waals surface area contributed by atoms with E-state index in [1.54, 1.807) is 25.2 Å². The van der Waals surface area contributed by atoms with Crippen molar-refractivity contribution >= 4 is 17.5 Å². The van der Waals surface area contributed by atoms with E-state index in [2.05, 4.69) is 5.32 Å². The van der Waals surface area contributed by atoms with E-state index in [9.17, 15) is 9.59 Å². The predicted octanol–water partition coefficient (Wildman–Crippen LogP) is 4.79. The summed E-state index contributed by atoms with van der Waals surface area (Å²) in [5, 5.41) is 2.96. The van der Waals surface area contributed by atoms with Gasteiger partial charge in [-0.25, -0.2) is 0 Å². The lowest BCUT2D eigenvalue weighted by molar-refractivity contribution is -0.125. The van der Waals surface area contributed by atoms with Gasteiger partial charge in [0.1, 0.15) is 5.75 Å². The minimum Gasteiger partial charge on any atom is -0.481 e. The molecule has 5 heteroatoms. The van der Waals surface area contributed by atoms with Crippen molar-refractivity contribution in [2.75, 3.05) is 18.5 Å². The molecule has 1 N–H and O–H groups in total. The summed E-state index contributed by atoms with van der Waals surface area (Å²) >= 11 is 0. The van der Waals surface area contributed by atoms with Crippen molar-refractivity contribution in [2.45, 2.75) is 32.8 Å². The number of anilines is 1. The summed E-state index contributed by atoms with van der Waals surface area (Å²) in [5.74, 6) is 0.248. The highest BCUT2D eigenvalue weighted by Gasteiger charge is 2.26. The van der Waals surface area contributed by atoms with E-state index in [1.807, 2.05) is 74.5 Å². The summed E-state index contributed by atoms with van der Waals surface area (Å²) in [6, 6.07) is 24.8. The smallest absolute Gasteiger partial charge is 0.267 e. The molecule has 3 aromatic carbocycles. The van der Waals surface area contributed by atoms with Gasteiger partial charge in [0.2, 0.25) is 0 Å². The summed E-state index contributed by atoms with van der Waals surface area (Å²) in [6.45, 7) is 4.43. The van der Waals surface area contributed by atoms with E-state index in [0.717, 1.165) is 17.5 Å². The molecule has 0 heterocycles. The molecule has 3 aromatic rings. The minimum absolute atomic E-state index is 0.197. The fourth-order valence-electron chi connectivity index (χ4n) is 3.44. The second kappa shape index (κ2) is 11.1. The van der Waals surface area contributed by atoms with Gasteiger partial charge in [-0.1, -0.05) is 67.1 Å². The fourth-order valence-corrected chi connectivity index (χ4v) is 3.44. The number of likely N-dealkylation sites (N-methyl/N-ethyl adjacent to an activating group) is 1. The zero-order chi connectivity index (χ0) is 22.9. The average molecular weight is 431 g/mol. The van der Waals surface area contributed by atoms with Crippen molar-refractivity contribution in [2.24, 2.45) is 0 Å². The van der Waals surface area contributed by atoms with Gasteiger partial charge in [0, 0.05) is 13.6 Å². The number of amides is 2. The fraction of sp³-hybridized carbons (Fsp3) is 0.259. The number of aryl methyl sites for hydroxylation is 1. The quantitative estimate of drug-likeness (QED) is 0.531. The van der Waals surface area contributed by atoms with Gasteiger partial charge in [-0.2, -0.15) is 0 Å². The molecule has 0 aliphatic rings. The normalized spacial score (nSPS) is 11.5. The van der Waals surface area contributed by atoms with Gasteiger partial charge in [0.05, 0.1) is 11.3 Å². The zero-order valence-corrected chi connectivity index (χ0v) is 18.9. The Morgan fingerprint density at radius 3 is 2.28 bits per heavy atom. The monoisotopic (exact) mass is 430 g/mol. The van der Waals surface area contributed by atoms with Crippen molar-refractivity contribution in [3.05, 3.63) is 95.6 Å². The van der Waals surface area contributed by atoms with Gasteiger partial charge < -0.3 is 15.0 Å². The van der Waals surface area contributed by atoms with Gasteiger partial charge in [0.15, 0.2) is 6.10 Å². The highest BCUT2D eigenvalue weighted by molar-refractivity contribution is 6.05. The number of nitrogens with one attached hydrogen (secondary N) is 1. The van der Waals surface area contributed by atoms with E-state index >= 15 is 0 Å². The molecular weight excluding hydrogens is 400 g/mol. The van der Waals surface area contributed by atoms with Crippen LogP contribution in [-0.4, -0.2) is 31.5 Å². The number of carbonyl (C=O) groups excluding carboxylic acids is 2. The van der Waals surface area contributed by atoms with Crippen LogP contribution in [0.3, 0.4) is 0 Å². The van der Waals surface area contributed by atoms with Crippen LogP contribution in [-0.2, 0) is 11.2 Å². The van der Waals surface area contributed by atoms with Gasteiger partial charge in [0.25, 0.3) is 11.8 Å². The molecule has 0 aromatic heterocycles. The van der Waals surface area contributed by atoms with Crippen LogP contribution in [0.5, 0.6) is 5.75 Å². The van der Waals surface area contributed by atoms with Crippen LogP contribution in [0.4, 0.5) is 5.69 Å². The second-order valence-electron chi connectivity index (χ2n) is 7.73. The summed E-state index contributed by atoms with van der Waals surface area (Å²) in [7, 11) is 1.68. The third-order valence-corrected chi connectivity index (χ3v) is 5.33. The van der Waals surface area contributed by atoms with Crippen molar-refractivity contribution < 1.29 is 14.3 Å². The maximum absolute atomic E-state index is 13.2. The van der Waals surface area contributed by atoms with Crippen molar-refractivity contribution in [3.8, 4) is 5.75 Å². The Balaban J connectivity index is 1.68. The lowest BCUT2D eigenvalue weighted by Crippen LogP contribution is -2.40. The van der Waals surface area contributed by atoms with Gasteiger partial charge >= 0.3 is 0 Å². The highest BCUT2D eigenvalue weighted by Crippen LogP contribution is 2.22. The van der Waals surface area contributed by atoms with Gasteiger partial charge in [-0.3, -0.25) is 9.59 Å². The first-order valence-corrected chi connectivity index (χ1v) is 10.9. The van der Waals surface area contributed by atoms with Crippen LogP contribution >= 0.6 is 0 Å². The SMILES string of the molecule is CCC(Oc1ccc(C)cc1)C(=O)N(C)c1ccccc1C(=O)NCCc1ccccc1. The van der Waals surface area contributed by atoms with Crippen LogP contribution < -0.4 is 15.0 Å². The summed E-state index contributed by atoms with van der Waals surface area (Å²) in [4.78, 5) is 27.6. The Kier molecular flexibility index (Phi) is 8.03. The van der Waals surface area contributed by atoms with E-state index in [0.29, 0.717) is 30.0 Å². The molecule has 1 atom stereocenters. The lowest BCUT2D eigenvalue weighted by atomic mass is 10.1. The van der Waals surface area contributed by atoms with Crippen LogP contribution in [0.15, 0.2) is 78.9 Å². The summed E-state index contributed by atoms with van der Waals surface area (Å²) in [5.41, 5.74) is 3.30. The van der Waals surface area contributed by atoms with Gasteiger partial charge in [-0.15, -0.1) is 0 Å². The Hall–Kier alpha value is -3.60. The Morgan fingerprint density at radius 2 is 1.59 bits per heavy atom. The number of ether oxygens (including phenoxy) is 1. The Morgan fingerprint density at radius 1 is 0.938 bits per heavy atom. The summed E-state index contributed by atoms with van der Waals surface area (Å²) in [6.07, 6.45) is 0.616. The Labute approximate surface area is 190 Å². The number of nitrogens with zero attached hydrogens (tertiary/aromatic N) is 1. The molecule has 3 rings (SSSR count). The highest BCUT2D eigenvalue weighted by atomic mass is 16.5. The number of rotatable bonds is 9. The minimum atomic E-state index is -0.642. The number of para-hydroxylation sites is 1. The van der Waals surface area contributed by atoms with Crippen LogP contribution in [0.2, 0.25) is 0 Å². The maximum atomic E-state index is 13.2. The molecule has 5 nitrogen and oxygen atoms in total. The summed E-state index contributed by atoms with van der Waals surface area (Å²) < 4.78 is 5.95. The van der Waals surface area contributed by atoms with Gasteiger partial charge in [-0.05, 0) is 49.6 Å². The molecule has 166 valence electrons. The molecule has 0 fully saturated rings. The molecule has 2 amide bonds. The largest absolute Gasteiger partial charge is 0.481 e. The first-order chi connectivity index (χ1) is 15.5. The average Bonchev–Trinajstić information content (AvgIpc) is 2.83. The third kappa shape index (κ3) is 5.97. The van der Waals surface area contributed by atoms with E-state index < -0.39 is 6.10 Å². The van der Waals surface area contributed by atoms with Crippen LogP contribution in [0.1, 0.15) is 34.8 Å². The number of carbonyl (C=O) groups is 2. The van der Waals surface area contributed by atoms with Crippen molar-refractivity contribution in [1.82, 2.24) is 5.32 Å². The number of hydrogen-bond donors (Lipinski definition) is 1. The molecule has 0 spiro atoms. The van der Waals surface area contributed by atoms with E-state index in [-0.39, 0.29) is 11.8 Å². The maximum Gasteiger partial charge on any atom is 0.267 e. The van der Waals surface area contributed by atoms with Crippen LogP contribution in [0.25, 0.3) is 0 Å². The van der Waals surface area contributed by atoms with E-state index in [1.165, 1.54) is 4.90 Å². The number of benzene rings is 3. The predicted molar refractivity (Wildman–Crippen MR) is 128 cm³/mol. The zero-order valence-electron chi connectivity index (χ0n) is 18.9. The van der Waals surface area contributed by atoms with E-state index in [4.69, 9.17) is 4.74 Å². The lowest BCUT2D eigenvalue weighted by Gasteiger charge is -2.25. The molecule has 0 bridgehead atoms. The second-order valence-corrected chi connectivity index (χ2v) is 7.73. The molecule has 0 aliphatic carbocycles. The molecule has 0 aliphatic heterocycles. The molecular formula is C27H30N2O3. The third-order valence-electron chi connectivity index (χ3n) is 5.33. The molecule has 32 heavy (non-hydrogen) atoms. The van der Waals surface area contributed by atoms with Crippen molar-refractivity contribution in [1.29, 1.82) is 0 Å². The number of hydrogen-bond acceptors (Lipinski definition) is 3. The topological polar surface area (TPSA) is 58.6 Å². The molecule has 0 saturated heterocycles. The molecule has 1 unspecified atom stereocenters. The van der Waals surface area contributed by atoms with Crippen molar-refractivity contribution in [3.63, 3.8) is 0 Å².